The molecule has 0 radical (unpaired) electrons. The van der Waals surface area contributed by atoms with Crippen LogP contribution in [-0.2, 0) is 19.5 Å². The molecule has 1 unspecified atom stereocenters. The van der Waals surface area contributed by atoms with E-state index in [4.69, 9.17) is 9.47 Å². The molecule has 3 rings (SSSR count). The molecule has 1 heterocycles. The molecule has 0 saturated carbocycles. The first-order chi connectivity index (χ1) is 13.8. The van der Waals surface area contributed by atoms with E-state index in [0.29, 0.717) is 43.1 Å². The molecule has 1 fully saturated rings. The normalized spacial score (nSPS) is 16.2. The third-order valence-electron chi connectivity index (χ3n) is 4.66. The molecule has 1 atom stereocenters. The van der Waals surface area contributed by atoms with E-state index >= 15 is 0 Å². The van der Waals surface area contributed by atoms with Crippen LogP contribution in [0.15, 0.2) is 42.5 Å². The fourth-order valence-electron chi connectivity index (χ4n) is 3.43. The average molecular weight is 420 g/mol. The minimum Gasteiger partial charge on any atom is -0.508 e. The second kappa shape index (κ2) is 8.81. The number of aromatic hydroxyl groups is 1. The molecule has 9 heteroatoms. The monoisotopic (exact) mass is 420 g/mol. The lowest BCUT2D eigenvalue weighted by Gasteiger charge is -2.35. The van der Waals surface area contributed by atoms with Gasteiger partial charge in [0.05, 0.1) is 38.2 Å². The van der Waals surface area contributed by atoms with Crippen molar-refractivity contribution in [2.45, 2.75) is 6.04 Å². The molecule has 2 aromatic rings. The summed E-state index contributed by atoms with van der Waals surface area (Å²) in [4.78, 5) is 14.1. The Hall–Kier alpha value is -2.62. The quantitative estimate of drug-likeness (QED) is 0.689. The fraction of sp³-hybridized carbons (Fsp3) is 0.350. The van der Waals surface area contributed by atoms with E-state index in [-0.39, 0.29) is 5.75 Å². The van der Waals surface area contributed by atoms with E-state index in [0.717, 1.165) is 11.8 Å². The minimum absolute atomic E-state index is 0.0376. The lowest BCUT2D eigenvalue weighted by atomic mass is 9.94. The summed E-state index contributed by atoms with van der Waals surface area (Å²) in [5.74, 6) is -0.463. The van der Waals surface area contributed by atoms with Gasteiger partial charge >= 0.3 is 5.97 Å². The van der Waals surface area contributed by atoms with Gasteiger partial charge in [-0.3, -0.25) is 9.62 Å². The molecule has 1 aliphatic rings. The SMILES string of the molecule is COC(=O)c1ccc(O)c(C(c2cccc(NS(C)(=O)=O)c2)N2CCOCC2)c1. The first kappa shape index (κ1) is 21.1. The van der Waals surface area contributed by atoms with E-state index in [1.165, 1.54) is 19.2 Å². The Morgan fingerprint density at radius 3 is 2.59 bits per heavy atom. The molecule has 0 aromatic heterocycles. The van der Waals surface area contributed by atoms with E-state index in [2.05, 4.69) is 9.62 Å². The zero-order chi connectivity index (χ0) is 21.0. The first-order valence-electron chi connectivity index (χ1n) is 9.09. The molecular formula is C20H24N2O6S. The highest BCUT2D eigenvalue weighted by molar-refractivity contribution is 7.92. The topological polar surface area (TPSA) is 105 Å². The summed E-state index contributed by atoms with van der Waals surface area (Å²) in [7, 11) is -2.13. The van der Waals surface area contributed by atoms with Gasteiger partial charge in [0.1, 0.15) is 5.75 Å². The number of methoxy groups -OCH3 is 1. The van der Waals surface area contributed by atoms with Crippen molar-refractivity contribution in [1.29, 1.82) is 0 Å². The number of phenolic OH excluding ortho intramolecular Hbond substituents is 1. The van der Waals surface area contributed by atoms with Crippen LogP contribution in [-0.4, -0.2) is 64.1 Å². The van der Waals surface area contributed by atoms with Gasteiger partial charge in [-0.25, -0.2) is 13.2 Å². The van der Waals surface area contributed by atoms with Crippen LogP contribution < -0.4 is 4.72 Å². The largest absolute Gasteiger partial charge is 0.508 e. The molecule has 8 nitrogen and oxygen atoms in total. The summed E-state index contributed by atoms with van der Waals surface area (Å²) < 4.78 is 36.0. The summed E-state index contributed by atoms with van der Waals surface area (Å²) in [5, 5.41) is 10.6. The molecule has 156 valence electrons. The summed E-state index contributed by atoms with van der Waals surface area (Å²) in [6.45, 7) is 2.32. The summed E-state index contributed by atoms with van der Waals surface area (Å²) >= 11 is 0. The number of rotatable bonds is 6. The van der Waals surface area contributed by atoms with Crippen LogP contribution in [0.1, 0.15) is 27.5 Å². The van der Waals surface area contributed by atoms with E-state index in [9.17, 15) is 18.3 Å². The highest BCUT2D eigenvalue weighted by atomic mass is 32.2. The van der Waals surface area contributed by atoms with Crippen LogP contribution >= 0.6 is 0 Å². The Kier molecular flexibility index (Phi) is 6.41. The smallest absolute Gasteiger partial charge is 0.337 e. The van der Waals surface area contributed by atoms with Gasteiger partial charge in [0.25, 0.3) is 0 Å². The highest BCUT2D eigenvalue weighted by Gasteiger charge is 2.28. The molecule has 2 aromatic carbocycles. The zero-order valence-corrected chi connectivity index (χ0v) is 17.1. The standard InChI is InChI=1S/C20H24N2O6S/c1-27-20(24)15-6-7-18(23)17(13-15)19(22-8-10-28-11-9-22)14-4-3-5-16(12-14)21-29(2,25)26/h3-7,12-13,19,21,23H,8-11H2,1-2H3. The average Bonchev–Trinajstić information content (AvgIpc) is 2.69. The van der Waals surface area contributed by atoms with Crippen LogP contribution in [0.4, 0.5) is 5.69 Å². The van der Waals surface area contributed by atoms with Crippen molar-refractivity contribution < 1.29 is 27.8 Å². The van der Waals surface area contributed by atoms with Gasteiger partial charge in [-0.05, 0) is 35.9 Å². The second-order valence-electron chi connectivity index (χ2n) is 6.82. The molecule has 0 spiro atoms. The number of nitrogens with one attached hydrogen (secondary N) is 1. The van der Waals surface area contributed by atoms with Crippen molar-refractivity contribution in [3.63, 3.8) is 0 Å². The van der Waals surface area contributed by atoms with Gasteiger partial charge in [-0.2, -0.15) is 0 Å². The summed E-state index contributed by atoms with van der Waals surface area (Å²) in [6.07, 6.45) is 1.09. The van der Waals surface area contributed by atoms with Gasteiger partial charge in [-0.1, -0.05) is 12.1 Å². The molecular weight excluding hydrogens is 396 g/mol. The highest BCUT2D eigenvalue weighted by Crippen LogP contribution is 2.36. The predicted octanol–water partition coefficient (Wildman–Crippen LogP) is 1.97. The number of nitrogens with zero attached hydrogens (tertiary/aromatic N) is 1. The van der Waals surface area contributed by atoms with Crippen molar-refractivity contribution in [2.24, 2.45) is 0 Å². The molecule has 1 aliphatic heterocycles. The Balaban J connectivity index is 2.09. The third kappa shape index (κ3) is 5.26. The number of hydrogen-bond donors (Lipinski definition) is 2. The number of anilines is 1. The number of benzene rings is 2. The maximum absolute atomic E-state index is 12.0. The molecule has 29 heavy (non-hydrogen) atoms. The molecule has 1 saturated heterocycles. The van der Waals surface area contributed by atoms with Gasteiger partial charge < -0.3 is 14.6 Å². The van der Waals surface area contributed by atoms with Crippen LogP contribution in [0.3, 0.4) is 0 Å². The molecule has 2 N–H and O–H groups in total. The van der Waals surface area contributed by atoms with Crippen molar-refractivity contribution in [2.75, 3.05) is 44.4 Å². The Morgan fingerprint density at radius 2 is 1.93 bits per heavy atom. The Morgan fingerprint density at radius 1 is 1.21 bits per heavy atom. The number of carbonyl (C=O) groups is 1. The second-order valence-corrected chi connectivity index (χ2v) is 8.56. The zero-order valence-electron chi connectivity index (χ0n) is 16.3. The first-order valence-corrected chi connectivity index (χ1v) is 11.0. The van der Waals surface area contributed by atoms with Crippen LogP contribution in [0.25, 0.3) is 0 Å². The van der Waals surface area contributed by atoms with Crippen LogP contribution in [0.2, 0.25) is 0 Å². The number of esters is 1. The number of sulfonamides is 1. The number of carbonyl (C=O) groups excluding carboxylic acids is 1. The van der Waals surface area contributed by atoms with Crippen molar-refractivity contribution in [3.8, 4) is 5.75 Å². The van der Waals surface area contributed by atoms with Crippen LogP contribution in [0.5, 0.6) is 5.75 Å². The van der Waals surface area contributed by atoms with Crippen molar-refractivity contribution >= 4 is 21.7 Å². The van der Waals surface area contributed by atoms with Gasteiger partial charge in [0, 0.05) is 24.3 Å². The molecule has 0 amide bonds. The maximum Gasteiger partial charge on any atom is 0.337 e. The van der Waals surface area contributed by atoms with Gasteiger partial charge in [0.2, 0.25) is 10.0 Å². The number of hydrogen-bond acceptors (Lipinski definition) is 7. The third-order valence-corrected chi connectivity index (χ3v) is 5.27. The van der Waals surface area contributed by atoms with Gasteiger partial charge in [0.15, 0.2) is 0 Å². The Labute approximate surface area is 170 Å². The Bertz CT molecular complexity index is 986. The van der Waals surface area contributed by atoms with E-state index in [1.807, 2.05) is 6.07 Å². The van der Waals surface area contributed by atoms with Crippen molar-refractivity contribution in [3.05, 3.63) is 59.2 Å². The summed E-state index contributed by atoms with van der Waals surface area (Å²) in [6, 6.07) is 11.2. The lowest BCUT2D eigenvalue weighted by Crippen LogP contribution is -2.39. The van der Waals surface area contributed by atoms with E-state index < -0.39 is 22.0 Å². The molecule has 0 aliphatic carbocycles. The molecule has 0 bridgehead atoms. The maximum atomic E-state index is 12.0. The number of ether oxygens (including phenoxy) is 2. The number of phenols is 1. The fourth-order valence-corrected chi connectivity index (χ4v) is 3.98. The van der Waals surface area contributed by atoms with Crippen LogP contribution in [0, 0.1) is 0 Å². The lowest BCUT2D eigenvalue weighted by molar-refractivity contribution is 0.0235. The number of morpholine rings is 1. The minimum atomic E-state index is -3.43. The van der Waals surface area contributed by atoms with Crippen molar-refractivity contribution in [1.82, 2.24) is 4.90 Å². The van der Waals surface area contributed by atoms with E-state index in [1.54, 1.807) is 24.3 Å². The van der Waals surface area contributed by atoms with Gasteiger partial charge in [-0.15, -0.1) is 0 Å². The summed E-state index contributed by atoms with van der Waals surface area (Å²) in [5.41, 5.74) is 2.06. The predicted molar refractivity (Wildman–Crippen MR) is 109 cm³/mol.